The third kappa shape index (κ3) is 5.83. The van der Waals surface area contributed by atoms with Crippen molar-refractivity contribution in [2.24, 2.45) is 0 Å². The van der Waals surface area contributed by atoms with Crippen molar-refractivity contribution in [3.05, 3.63) is 69.5 Å². The van der Waals surface area contributed by atoms with Gasteiger partial charge < -0.3 is 16.0 Å². The van der Waals surface area contributed by atoms with E-state index in [1.807, 2.05) is 0 Å². The van der Waals surface area contributed by atoms with Crippen LogP contribution in [-0.2, 0) is 12.7 Å². The zero-order chi connectivity index (χ0) is 20.7. The lowest BCUT2D eigenvalue weighted by Crippen LogP contribution is -2.37. The standard InChI is InChI=1S/C17H16F4N4O3/c18-13-4-2-1-3-11(13)10-24-16(26)23-8-7-22-14-6-5-12(17(19,20)21)9-15(14)25(27)28/h1-6,9,22H,7-8,10H2,(H2,23,24,26). The highest BCUT2D eigenvalue weighted by atomic mass is 19.4. The molecule has 3 N–H and O–H groups in total. The second-order valence-electron chi connectivity index (χ2n) is 5.61. The van der Waals surface area contributed by atoms with Gasteiger partial charge in [-0.25, -0.2) is 9.18 Å². The molecule has 11 heteroatoms. The van der Waals surface area contributed by atoms with Gasteiger partial charge in [0.15, 0.2) is 0 Å². The zero-order valence-electron chi connectivity index (χ0n) is 14.3. The number of alkyl halides is 3. The molecular formula is C17H16F4N4O3. The van der Waals surface area contributed by atoms with Crippen LogP contribution in [0.4, 0.5) is 33.7 Å². The fourth-order valence-electron chi connectivity index (χ4n) is 2.26. The van der Waals surface area contributed by atoms with Crippen LogP contribution in [0.3, 0.4) is 0 Å². The van der Waals surface area contributed by atoms with Crippen molar-refractivity contribution in [3.8, 4) is 0 Å². The maximum atomic E-state index is 13.4. The molecule has 150 valence electrons. The number of carbonyl (C=O) groups is 1. The van der Waals surface area contributed by atoms with Crippen LogP contribution in [0, 0.1) is 15.9 Å². The molecule has 2 aromatic rings. The lowest BCUT2D eigenvalue weighted by molar-refractivity contribution is -0.384. The summed E-state index contributed by atoms with van der Waals surface area (Å²) in [6, 6.07) is 7.45. The minimum Gasteiger partial charge on any atom is -0.378 e. The molecule has 0 bridgehead atoms. The molecule has 0 saturated heterocycles. The number of rotatable bonds is 7. The number of nitro groups is 1. The molecule has 2 amide bonds. The van der Waals surface area contributed by atoms with Crippen LogP contribution in [0.25, 0.3) is 0 Å². The van der Waals surface area contributed by atoms with Gasteiger partial charge in [0.05, 0.1) is 10.5 Å². The van der Waals surface area contributed by atoms with E-state index in [0.29, 0.717) is 11.6 Å². The van der Waals surface area contributed by atoms with E-state index in [1.54, 1.807) is 6.07 Å². The van der Waals surface area contributed by atoms with E-state index in [-0.39, 0.29) is 25.3 Å². The molecule has 2 rings (SSSR count). The van der Waals surface area contributed by atoms with Gasteiger partial charge in [0.2, 0.25) is 0 Å². The SMILES string of the molecule is O=C(NCCNc1ccc(C(F)(F)F)cc1[N+](=O)[O-])NCc1ccccc1F. The van der Waals surface area contributed by atoms with Crippen LogP contribution in [0.2, 0.25) is 0 Å². The average Bonchev–Trinajstić information content (AvgIpc) is 2.63. The van der Waals surface area contributed by atoms with Crippen LogP contribution in [0.15, 0.2) is 42.5 Å². The van der Waals surface area contributed by atoms with Crippen molar-refractivity contribution >= 4 is 17.4 Å². The summed E-state index contributed by atoms with van der Waals surface area (Å²) in [6.45, 7) is 0.0247. The van der Waals surface area contributed by atoms with E-state index in [1.165, 1.54) is 18.2 Å². The quantitative estimate of drug-likeness (QED) is 0.286. The molecule has 0 unspecified atom stereocenters. The highest BCUT2D eigenvalue weighted by molar-refractivity contribution is 5.73. The summed E-state index contributed by atoms with van der Waals surface area (Å²) < 4.78 is 51.4. The molecule has 7 nitrogen and oxygen atoms in total. The average molecular weight is 400 g/mol. The van der Waals surface area contributed by atoms with Gasteiger partial charge in [0.1, 0.15) is 11.5 Å². The monoisotopic (exact) mass is 400 g/mol. The number of urea groups is 1. The Morgan fingerprint density at radius 3 is 2.43 bits per heavy atom. The molecular weight excluding hydrogens is 384 g/mol. The summed E-state index contributed by atoms with van der Waals surface area (Å²) in [5.41, 5.74) is -1.66. The maximum absolute atomic E-state index is 13.4. The Morgan fingerprint density at radius 2 is 1.79 bits per heavy atom. The van der Waals surface area contributed by atoms with Gasteiger partial charge in [-0.15, -0.1) is 0 Å². The third-order valence-electron chi connectivity index (χ3n) is 3.64. The minimum absolute atomic E-state index is 0.0271. The number of benzene rings is 2. The minimum atomic E-state index is -4.69. The van der Waals surface area contributed by atoms with Crippen LogP contribution in [-0.4, -0.2) is 24.0 Å². The number of anilines is 1. The summed E-state index contributed by atoms with van der Waals surface area (Å²) in [6.07, 6.45) is -4.69. The number of nitrogens with one attached hydrogen (secondary N) is 3. The number of carbonyl (C=O) groups excluding carboxylic acids is 1. The van der Waals surface area contributed by atoms with Crippen molar-refractivity contribution in [1.29, 1.82) is 0 Å². The zero-order valence-corrected chi connectivity index (χ0v) is 14.3. The van der Waals surface area contributed by atoms with Gasteiger partial charge in [0, 0.05) is 31.3 Å². The number of hydrogen-bond donors (Lipinski definition) is 3. The van der Waals surface area contributed by atoms with Gasteiger partial charge in [-0.2, -0.15) is 13.2 Å². The van der Waals surface area contributed by atoms with E-state index in [2.05, 4.69) is 16.0 Å². The topological polar surface area (TPSA) is 96.3 Å². The molecule has 0 aliphatic rings. The molecule has 2 aromatic carbocycles. The van der Waals surface area contributed by atoms with Gasteiger partial charge in [-0.05, 0) is 18.2 Å². The molecule has 28 heavy (non-hydrogen) atoms. The normalized spacial score (nSPS) is 11.0. The smallest absolute Gasteiger partial charge is 0.378 e. The van der Waals surface area contributed by atoms with Crippen LogP contribution >= 0.6 is 0 Å². The van der Waals surface area contributed by atoms with E-state index in [4.69, 9.17) is 0 Å². The Hall–Kier alpha value is -3.37. The third-order valence-corrected chi connectivity index (χ3v) is 3.64. The Kier molecular flexibility index (Phi) is 6.74. The summed E-state index contributed by atoms with van der Waals surface area (Å²) in [5.74, 6) is -0.459. The lowest BCUT2D eigenvalue weighted by atomic mass is 10.1. The van der Waals surface area contributed by atoms with Crippen molar-refractivity contribution in [1.82, 2.24) is 10.6 Å². The van der Waals surface area contributed by atoms with E-state index < -0.39 is 34.2 Å². The van der Waals surface area contributed by atoms with E-state index in [0.717, 1.165) is 12.1 Å². The van der Waals surface area contributed by atoms with E-state index >= 15 is 0 Å². The van der Waals surface area contributed by atoms with Gasteiger partial charge in [-0.1, -0.05) is 18.2 Å². The van der Waals surface area contributed by atoms with Crippen molar-refractivity contribution in [2.75, 3.05) is 18.4 Å². The van der Waals surface area contributed by atoms with Crippen molar-refractivity contribution < 1.29 is 27.3 Å². The van der Waals surface area contributed by atoms with Crippen LogP contribution in [0.1, 0.15) is 11.1 Å². The largest absolute Gasteiger partial charge is 0.416 e. The predicted molar refractivity (Wildman–Crippen MR) is 93.2 cm³/mol. The molecule has 0 aliphatic heterocycles. The number of amides is 2. The van der Waals surface area contributed by atoms with Crippen LogP contribution in [0.5, 0.6) is 0 Å². The Labute approximate surface area is 156 Å². The first-order valence-electron chi connectivity index (χ1n) is 8.03. The second kappa shape index (κ2) is 9.02. The first kappa shape index (κ1) is 20.9. The fraction of sp³-hybridized carbons (Fsp3) is 0.235. The molecule has 0 saturated carbocycles. The number of halogens is 4. The number of nitro benzene ring substituents is 1. The first-order valence-corrected chi connectivity index (χ1v) is 8.03. The van der Waals surface area contributed by atoms with Gasteiger partial charge in [-0.3, -0.25) is 10.1 Å². The predicted octanol–water partition coefficient (Wildman–Crippen LogP) is 3.66. The molecule has 0 aromatic heterocycles. The highest BCUT2D eigenvalue weighted by Gasteiger charge is 2.32. The lowest BCUT2D eigenvalue weighted by Gasteiger charge is -2.11. The Balaban J connectivity index is 1.83. The second-order valence-corrected chi connectivity index (χ2v) is 5.61. The Morgan fingerprint density at radius 1 is 1.07 bits per heavy atom. The van der Waals surface area contributed by atoms with Crippen molar-refractivity contribution in [2.45, 2.75) is 12.7 Å². The van der Waals surface area contributed by atoms with Crippen LogP contribution < -0.4 is 16.0 Å². The van der Waals surface area contributed by atoms with Crippen molar-refractivity contribution in [3.63, 3.8) is 0 Å². The highest BCUT2D eigenvalue weighted by Crippen LogP contribution is 2.34. The number of nitrogens with zero attached hydrogens (tertiary/aromatic N) is 1. The molecule has 0 heterocycles. The molecule has 0 fully saturated rings. The number of hydrogen-bond acceptors (Lipinski definition) is 4. The summed E-state index contributed by atoms with van der Waals surface area (Å²) >= 11 is 0. The summed E-state index contributed by atoms with van der Waals surface area (Å²) in [7, 11) is 0. The van der Waals surface area contributed by atoms with Gasteiger partial charge >= 0.3 is 12.2 Å². The summed E-state index contributed by atoms with van der Waals surface area (Å²) in [5, 5.41) is 18.5. The van der Waals surface area contributed by atoms with Gasteiger partial charge in [0.25, 0.3) is 5.69 Å². The maximum Gasteiger partial charge on any atom is 0.416 e. The summed E-state index contributed by atoms with van der Waals surface area (Å²) in [4.78, 5) is 21.7. The first-order chi connectivity index (χ1) is 13.2. The molecule has 0 aliphatic carbocycles. The molecule has 0 spiro atoms. The molecule has 0 atom stereocenters. The fourth-order valence-corrected chi connectivity index (χ4v) is 2.26. The Bertz CT molecular complexity index is 859. The molecule has 0 radical (unpaired) electrons. The van der Waals surface area contributed by atoms with E-state index in [9.17, 15) is 32.5 Å².